The van der Waals surface area contributed by atoms with Gasteiger partial charge in [-0.15, -0.1) is 0 Å². The molecule has 0 saturated carbocycles. The van der Waals surface area contributed by atoms with Crippen molar-refractivity contribution < 1.29 is 14.6 Å². The van der Waals surface area contributed by atoms with Gasteiger partial charge in [0.2, 0.25) is 0 Å². The van der Waals surface area contributed by atoms with Gasteiger partial charge in [0.15, 0.2) is 0 Å². The number of hydrogen-bond acceptors (Lipinski definition) is 5. The van der Waals surface area contributed by atoms with Crippen molar-refractivity contribution in [2.24, 2.45) is 0 Å². The third kappa shape index (κ3) is 3.82. The van der Waals surface area contributed by atoms with Gasteiger partial charge in [-0.3, -0.25) is 0 Å². The molecular weight excluding hydrogens is 402 g/mol. The van der Waals surface area contributed by atoms with E-state index in [4.69, 9.17) is 9.47 Å². The minimum absolute atomic E-state index is 0.0227. The Morgan fingerprint density at radius 1 is 0.938 bits per heavy atom. The summed E-state index contributed by atoms with van der Waals surface area (Å²) in [5.41, 5.74) is 6.95. The number of nitrogens with zero attached hydrogens (tertiary/aromatic N) is 3. The molecule has 166 valence electrons. The molecule has 0 atom stereocenters. The predicted octanol–water partition coefficient (Wildman–Crippen LogP) is 4.84. The van der Waals surface area contributed by atoms with Crippen LogP contribution in [0, 0.1) is 20.8 Å². The van der Waals surface area contributed by atoms with E-state index < -0.39 is 0 Å². The first-order valence-corrected chi connectivity index (χ1v) is 10.8. The van der Waals surface area contributed by atoms with E-state index in [1.165, 1.54) is 0 Å². The molecule has 1 N–H and O–H groups in total. The van der Waals surface area contributed by atoms with Gasteiger partial charge < -0.3 is 19.1 Å². The molecule has 2 heterocycles. The second-order valence-corrected chi connectivity index (χ2v) is 7.91. The van der Waals surface area contributed by atoms with Gasteiger partial charge in [-0.1, -0.05) is 24.3 Å². The molecule has 0 unspecified atom stereocenters. The molecule has 2 aromatic carbocycles. The van der Waals surface area contributed by atoms with E-state index in [2.05, 4.69) is 34.7 Å². The van der Waals surface area contributed by atoms with E-state index in [0.717, 1.165) is 61.9 Å². The standard InChI is InChI=1S/C26H29N3O3/c1-6-32-21-10-11-23(24(14-21)31-5)29-17(3)25-16(2)27-28-22(26(25)18(29)4)13-19-8-7-9-20(12-19)15-30/h7-12,14,30H,6,13,15H2,1-5H3. The quantitative estimate of drug-likeness (QED) is 0.454. The first-order chi connectivity index (χ1) is 15.5. The van der Waals surface area contributed by atoms with Crippen LogP contribution in [0.1, 0.15) is 40.8 Å². The van der Waals surface area contributed by atoms with E-state index in [1.807, 2.05) is 50.2 Å². The second-order valence-electron chi connectivity index (χ2n) is 7.91. The average molecular weight is 432 g/mol. The summed E-state index contributed by atoms with van der Waals surface area (Å²) in [4.78, 5) is 0. The molecular formula is C26H29N3O3. The van der Waals surface area contributed by atoms with Gasteiger partial charge in [-0.2, -0.15) is 10.2 Å². The fraction of sp³-hybridized carbons (Fsp3) is 0.308. The monoisotopic (exact) mass is 431 g/mol. The Morgan fingerprint density at radius 2 is 1.69 bits per heavy atom. The summed E-state index contributed by atoms with van der Waals surface area (Å²) in [6.45, 7) is 8.81. The van der Waals surface area contributed by atoms with E-state index in [9.17, 15) is 5.11 Å². The van der Waals surface area contributed by atoms with Crippen LogP contribution in [0.4, 0.5) is 0 Å². The number of methoxy groups -OCH3 is 1. The van der Waals surface area contributed by atoms with E-state index in [1.54, 1.807) is 7.11 Å². The van der Waals surface area contributed by atoms with Gasteiger partial charge in [-0.25, -0.2) is 0 Å². The maximum Gasteiger partial charge on any atom is 0.146 e. The normalized spacial score (nSPS) is 11.2. The van der Waals surface area contributed by atoms with Gasteiger partial charge in [0.05, 0.1) is 37.4 Å². The van der Waals surface area contributed by atoms with Crippen LogP contribution < -0.4 is 9.47 Å². The van der Waals surface area contributed by atoms with Gasteiger partial charge >= 0.3 is 0 Å². The Balaban J connectivity index is 1.90. The smallest absolute Gasteiger partial charge is 0.146 e. The SMILES string of the molecule is CCOc1ccc(-n2c(C)c3c(C)nnc(Cc4cccc(CO)c4)c3c2C)c(OC)c1. The van der Waals surface area contributed by atoms with Gasteiger partial charge in [0.1, 0.15) is 11.5 Å². The molecule has 0 radical (unpaired) electrons. The maximum atomic E-state index is 9.50. The van der Waals surface area contributed by atoms with Crippen LogP contribution in [0.3, 0.4) is 0 Å². The fourth-order valence-corrected chi connectivity index (χ4v) is 4.48. The number of hydrogen-bond donors (Lipinski definition) is 1. The van der Waals surface area contributed by atoms with Crippen molar-refractivity contribution in [1.29, 1.82) is 0 Å². The van der Waals surface area contributed by atoms with Gasteiger partial charge in [-0.05, 0) is 51.0 Å². The van der Waals surface area contributed by atoms with Crippen molar-refractivity contribution in [3.8, 4) is 17.2 Å². The first kappa shape index (κ1) is 21.8. The number of rotatable bonds is 7. The molecule has 0 aliphatic rings. The number of aromatic nitrogens is 3. The topological polar surface area (TPSA) is 69.4 Å². The lowest BCUT2D eigenvalue weighted by molar-refractivity contribution is 0.281. The van der Waals surface area contributed by atoms with Crippen LogP contribution in [0.5, 0.6) is 11.5 Å². The lowest BCUT2D eigenvalue weighted by Gasteiger charge is -2.15. The first-order valence-electron chi connectivity index (χ1n) is 10.8. The third-order valence-corrected chi connectivity index (χ3v) is 5.86. The summed E-state index contributed by atoms with van der Waals surface area (Å²) in [5.74, 6) is 1.53. The molecule has 6 heteroatoms. The third-order valence-electron chi connectivity index (χ3n) is 5.86. The van der Waals surface area contributed by atoms with E-state index >= 15 is 0 Å². The van der Waals surface area contributed by atoms with Crippen LogP contribution in [0.25, 0.3) is 16.5 Å². The Hall–Kier alpha value is -3.38. The van der Waals surface area contributed by atoms with Crippen molar-refractivity contribution in [2.75, 3.05) is 13.7 Å². The summed E-state index contributed by atoms with van der Waals surface area (Å²) in [7, 11) is 1.68. The lowest BCUT2D eigenvalue weighted by atomic mass is 10.0. The zero-order chi connectivity index (χ0) is 22.8. The van der Waals surface area contributed by atoms with Gasteiger partial charge in [0, 0.05) is 34.6 Å². The zero-order valence-electron chi connectivity index (χ0n) is 19.3. The Bertz CT molecular complexity index is 1280. The van der Waals surface area contributed by atoms with Crippen molar-refractivity contribution in [3.05, 3.63) is 76.4 Å². The van der Waals surface area contributed by atoms with Crippen molar-refractivity contribution >= 4 is 10.8 Å². The summed E-state index contributed by atoms with van der Waals surface area (Å²) in [6, 6.07) is 13.9. The highest BCUT2D eigenvalue weighted by Crippen LogP contribution is 2.36. The molecule has 0 bridgehead atoms. The molecule has 0 amide bonds. The average Bonchev–Trinajstić information content (AvgIpc) is 3.07. The Morgan fingerprint density at radius 3 is 2.41 bits per heavy atom. The summed E-state index contributed by atoms with van der Waals surface area (Å²) < 4.78 is 13.6. The number of aliphatic hydroxyl groups is 1. The summed E-state index contributed by atoms with van der Waals surface area (Å²) >= 11 is 0. The molecule has 0 spiro atoms. The number of fused-ring (bicyclic) bond motifs is 1. The Kier molecular flexibility index (Phi) is 6.15. The molecule has 4 aromatic rings. The van der Waals surface area contributed by atoms with Crippen molar-refractivity contribution in [2.45, 2.75) is 40.7 Å². The molecule has 4 rings (SSSR count). The fourth-order valence-electron chi connectivity index (χ4n) is 4.48. The lowest BCUT2D eigenvalue weighted by Crippen LogP contribution is -2.03. The maximum absolute atomic E-state index is 9.50. The highest BCUT2D eigenvalue weighted by molar-refractivity contribution is 5.93. The van der Waals surface area contributed by atoms with Crippen LogP contribution in [0.15, 0.2) is 42.5 Å². The van der Waals surface area contributed by atoms with Crippen molar-refractivity contribution in [3.63, 3.8) is 0 Å². The van der Waals surface area contributed by atoms with E-state index in [0.29, 0.717) is 13.0 Å². The molecule has 0 aliphatic heterocycles. The van der Waals surface area contributed by atoms with Crippen LogP contribution in [-0.4, -0.2) is 33.6 Å². The zero-order valence-corrected chi connectivity index (χ0v) is 19.3. The highest BCUT2D eigenvalue weighted by Gasteiger charge is 2.21. The second kappa shape index (κ2) is 9.01. The molecule has 0 fully saturated rings. The molecule has 0 aliphatic carbocycles. The van der Waals surface area contributed by atoms with Crippen molar-refractivity contribution in [1.82, 2.24) is 14.8 Å². The Labute approximate surface area is 188 Å². The summed E-state index contributed by atoms with van der Waals surface area (Å²) in [5, 5.41) is 20.8. The number of aliphatic hydroxyl groups excluding tert-OH is 1. The van der Waals surface area contributed by atoms with Gasteiger partial charge in [0.25, 0.3) is 0 Å². The minimum Gasteiger partial charge on any atom is -0.494 e. The highest BCUT2D eigenvalue weighted by atomic mass is 16.5. The largest absolute Gasteiger partial charge is 0.494 e. The van der Waals surface area contributed by atoms with Crippen LogP contribution >= 0.6 is 0 Å². The van der Waals surface area contributed by atoms with Crippen LogP contribution in [0.2, 0.25) is 0 Å². The van der Waals surface area contributed by atoms with Crippen LogP contribution in [-0.2, 0) is 13.0 Å². The minimum atomic E-state index is 0.0227. The van der Waals surface area contributed by atoms with E-state index in [-0.39, 0.29) is 6.61 Å². The molecule has 2 aromatic heterocycles. The molecule has 0 saturated heterocycles. The molecule has 6 nitrogen and oxygen atoms in total. The number of benzene rings is 2. The number of ether oxygens (including phenoxy) is 2. The number of aryl methyl sites for hydroxylation is 3. The summed E-state index contributed by atoms with van der Waals surface area (Å²) in [6.07, 6.45) is 0.641. The molecule has 32 heavy (non-hydrogen) atoms. The predicted molar refractivity (Wildman–Crippen MR) is 126 cm³/mol.